The molecule has 4 heteroatoms. The monoisotopic (exact) mass is 255 g/mol. The molecule has 106 valence electrons. The number of rotatable bonds is 5. The maximum atomic E-state index is 5.40. The Bertz CT molecular complexity index is 251. The summed E-state index contributed by atoms with van der Waals surface area (Å²) >= 11 is 0. The molecule has 0 aliphatic carbocycles. The Morgan fingerprint density at radius 1 is 1.17 bits per heavy atom. The van der Waals surface area contributed by atoms with E-state index in [0.717, 1.165) is 38.8 Å². The molecule has 0 saturated carbocycles. The van der Waals surface area contributed by atoms with Crippen LogP contribution in [0.1, 0.15) is 20.3 Å². The van der Waals surface area contributed by atoms with E-state index in [4.69, 9.17) is 4.74 Å². The topological polar surface area (TPSA) is 27.7 Å². The van der Waals surface area contributed by atoms with Crippen molar-refractivity contribution in [1.82, 2.24) is 15.1 Å². The van der Waals surface area contributed by atoms with E-state index in [9.17, 15) is 0 Å². The van der Waals surface area contributed by atoms with Crippen molar-refractivity contribution in [1.29, 1.82) is 0 Å². The van der Waals surface area contributed by atoms with Gasteiger partial charge in [0.1, 0.15) is 0 Å². The van der Waals surface area contributed by atoms with Crippen LogP contribution in [0.2, 0.25) is 0 Å². The molecule has 2 fully saturated rings. The van der Waals surface area contributed by atoms with Crippen LogP contribution in [0.25, 0.3) is 0 Å². The number of ether oxygens (including phenoxy) is 1. The Labute approximate surface area is 112 Å². The van der Waals surface area contributed by atoms with Crippen molar-refractivity contribution in [2.45, 2.75) is 25.8 Å². The largest absolute Gasteiger partial charge is 0.379 e. The maximum absolute atomic E-state index is 5.40. The Morgan fingerprint density at radius 2 is 1.89 bits per heavy atom. The summed E-state index contributed by atoms with van der Waals surface area (Å²) < 4.78 is 5.40. The van der Waals surface area contributed by atoms with Gasteiger partial charge in [0.15, 0.2) is 0 Å². The van der Waals surface area contributed by atoms with Crippen molar-refractivity contribution < 1.29 is 4.74 Å². The van der Waals surface area contributed by atoms with Gasteiger partial charge < -0.3 is 10.1 Å². The molecule has 0 aromatic carbocycles. The SMILES string of the molecule is CNCC1CCN(CCN2CCOCC2)C1(C)C. The van der Waals surface area contributed by atoms with Crippen molar-refractivity contribution in [3.05, 3.63) is 0 Å². The van der Waals surface area contributed by atoms with Gasteiger partial charge in [-0.2, -0.15) is 0 Å². The second-order valence-electron chi connectivity index (χ2n) is 6.14. The molecular formula is C14H29N3O. The van der Waals surface area contributed by atoms with Gasteiger partial charge in [-0.05, 0) is 46.3 Å². The van der Waals surface area contributed by atoms with Crippen LogP contribution in [-0.4, -0.2) is 74.9 Å². The summed E-state index contributed by atoms with van der Waals surface area (Å²) in [4.78, 5) is 5.20. The quantitative estimate of drug-likeness (QED) is 0.780. The predicted octanol–water partition coefficient (Wildman–Crippen LogP) is 0.639. The van der Waals surface area contributed by atoms with Crippen LogP contribution < -0.4 is 5.32 Å². The third-order valence-corrected chi connectivity index (χ3v) is 4.80. The first-order valence-electron chi connectivity index (χ1n) is 7.34. The minimum atomic E-state index is 0.343. The number of likely N-dealkylation sites (tertiary alicyclic amines) is 1. The number of hydrogen-bond acceptors (Lipinski definition) is 4. The predicted molar refractivity (Wildman–Crippen MR) is 74.9 cm³/mol. The normalized spacial score (nSPS) is 29.8. The van der Waals surface area contributed by atoms with Gasteiger partial charge >= 0.3 is 0 Å². The van der Waals surface area contributed by atoms with E-state index in [1.54, 1.807) is 0 Å². The number of hydrogen-bond donors (Lipinski definition) is 1. The number of nitrogens with zero attached hydrogens (tertiary/aromatic N) is 2. The van der Waals surface area contributed by atoms with Crippen molar-refractivity contribution in [3.63, 3.8) is 0 Å². The van der Waals surface area contributed by atoms with Crippen LogP contribution in [0.15, 0.2) is 0 Å². The Kier molecular flexibility index (Phi) is 5.01. The van der Waals surface area contributed by atoms with E-state index < -0.39 is 0 Å². The fourth-order valence-corrected chi connectivity index (χ4v) is 3.30. The summed E-state index contributed by atoms with van der Waals surface area (Å²) in [6.07, 6.45) is 1.33. The van der Waals surface area contributed by atoms with Crippen LogP contribution in [0.4, 0.5) is 0 Å². The molecule has 0 aromatic rings. The van der Waals surface area contributed by atoms with Crippen molar-refractivity contribution in [2.24, 2.45) is 5.92 Å². The highest BCUT2D eigenvalue weighted by Crippen LogP contribution is 2.33. The van der Waals surface area contributed by atoms with Gasteiger partial charge in [-0.1, -0.05) is 0 Å². The van der Waals surface area contributed by atoms with Crippen LogP contribution in [-0.2, 0) is 4.74 Å². The zero-order valence-corrected chi connectivity index (χ0v) is 12.2. The summed E-state index contributed by atoms with van der Waals surface area (Å²) in [5.74, 6) is 0.784. The van der Waals surface area contributed by atoms with Crippen molar-refractivity contribution in [2.75, 3.05) is 59.5 Å². The van der Waals surface area contributed by atoms with Gasteiger partial charge in [0.25, 0.3) is 0 Å². The number of morpholine rings is 1. The minimum Gasteiger partial charge on any atom is -0.379 e. The number of nitrogens with one attached hydrogen (secondary N) is 1. The first-order valence-corrected chi connectivity index (χ1v) is 7.34. The summed E-state index contributed by atoms with van der Waals surface area (Å²) in [5, 5.41) is 3.34. The smallest absolute Gasteiger partial charge is 0.0594 e. The molecule has 0 aromatic heterocycles. The molecule has 0 radical (unpaired) electrons. The summed E-state index contributed by atoms with van der Waals surface area (Å²) in [5.41, 5.74) is 0.343. The molecule has 1 unspecified atom stereocenters. The highest BCUT2D eigenvalue weighted by Gasteiger charge is 2.40. The maximum Gasteiger partial charge on any atom is 0.0594 e. The van der Waals surface area contributed by atoms with Crippen LogP contribution in [0.3, 0.4) is 0 Å². The molecule has 2 saturated heterocycles. The average molecular weight is 255 g/mol. The first-order chi connectivity index (χ1) is 8.64. The van der Waals surface area contributed by atoms with E-state index in [0.29, 0.717) is 5.54 Å². The molecule has 0 amide bonds. The lowest BCUT2D eigenvalue weighted by atomic mass is 9.88. The van der Waals surface area contributed by atoms with Gasteiger partial charge in [-0.25, -0.2) is 0 Å². The molecule has 18 heavy (non-hydrogen) atoms. The molecular weight excluding hydrogens is 226 g/mol. The molecule has 2 rings (SSSR count). The second-order valence-corrected chi connectivity index (χ2v) is 6.14. The summed E-state index contributed by atoms with van der Waals surface area (Å²) in [6, 6.07) is 0. The van der Waals surface area contributed by atoms with Gasteiger partial charge in [0, 0.05) is 31.7 Å². The van der Waals surface area contributed by atoms with Gasteiger partial charge in [-0.15, -0.1) is 0 Å². The minimum absolute atomic E-state index is 0.343. The van der Waals surface area contributed by atoms with E-state index in [-0.39, 0.29) is 0 Å². The highest BCUT2D eigenvalue weighted by molar-refractivity contribution is 4.96. The lowest BCUT2D eigenvalue weighted by Crippen LogP contribution is -2.48. The van der Waals surface area contributed by atoms with Crippen LogP contribution >= 0.6 is 0 Å². The van der Waals surface area contributed by atoms with Crippen molar-refractivity contribution in [3.8, 4) is 0 Å². The van der Waals surface area contributed by atoms with Crippen molar-refractivity contribution >= 4 is 0 Å². The Morgan fingerprint density at radius 3 is 2.56 bits per heavy atom. The van der Waals surface area contributed by atoms with E-state index in [2.05, 4.69) is 36.0 Å². The van der Waals surface area contributed by atoms with E-state index in [1.807, 2.05) is 0 Å². The summed E-state index contributed by atoms with van der Waals surface area (Å²) in [7, 11) is 2.06. The van der Waals surface area contributed by atoms with E-state index >= 15 is 0 Å². The molecule has 1 N–H and O–H groups in total. The fraction of sp³-hybridized carbons (Fsp3) is 1.00. The first kappa shape index (κ1) is 14.3. The lowest BCUT2D eigenvalue weighted by molar-refractivity contribution is 0.0279. The molecule has 2 aliphatic rings. The highest BCUT2D eigenvalue weighted by atomic mass is 16.5. The summed E-state index contributed by atoms with van der Waals surface area (Å²) in [6.45, 7) is 13.6. The van der Waals surface area contributed by atoms with Gasteiger partial charge in [-0.3, -0.25) is 9.80 Å². The fourth-order valence-electron chi connectivity index (χ4n) is 3.30. The Balaban J connectivity index is 1.78. The third kappa shape index (κ3) is 3.23. The lowest BCUT2D eigenvalue weighted by Gasteiger charge is -2.38. The van der Waals surface area contributed by atoms with E-state index in [1.165, 1.54) is 26.1 Å². The molecule has 0 spiro atoms. The third-order valence-electron chi connectivity index (χ3n) is 4.80. The standard InChI is InChI=1S/C14H29N3O/c1-14(2)13(12-15-3)4-5-17(14)7-6-16-8-10-18-11-9-16/h13,15H,4-12H2,1-3H3. The zero-order chi connectivity index (χ0) is 13.0. The molecule has 2 aliphatic heterocycles. The Hall–Kier alpha value is -0.160. The molecule has 2 heterocycles. The molecule has 4 nitrogen and oxygen atoms in total. The molecule has 0 bridgehead atoms. The molecule has 1 atom stereocenters. The van der Waals surface area contributed by atoms with Gasteiger partial charge in [0.05, 0.1) is 13.2 Å². The van der Waals surface area contributed by atoms with Crippen LogP contribution in [0, 0.1) is 5.92 Å². The average Bonchev–Trinajstić information content (AvgIpc) is 2.64. The van der Waals surface area contributed by atoms with Gasteiger partial charge in [0.2, 0.25) is 0 Å². The zero-order valence-electron chi connectivity index (χ0n) is 12.2. The second kappa shape index (κ2) is 6.33. The van der Waals surface area contributed by atoms with Crippen LogP contribution in [0.5, 0.6) is 0 Å².